The molecule has 1 fully saturated rings. The second-order valence-electron chi connectivity index (χ2n) is 5.68. The maximum Gasteiger partial charge on any atom is 0.240 e. The predicted octanol–water partition coefficient (Wildman–Crippen LogP) is 3.05. The lowest BCUT2D eigenvalue weighted by atomic mass is 10.0. The molecule has 4 nitrogen and oxygen atoms in total. The molecule has 1 aliphatic heterocycles. The number of nitrogens with one attached hydrogen (secondary N) is 1. The summed E-state index contributed by atoms with van der Waals surface area (Å²) in [5.41, 5.74) is 2.33. The van der Waals surface area contributed by atoms with Gasteiger partial charge in [0.25, 0.3) is 0 Å². The summed E-state index contributed by atoms with van der Waals surface area (Å²) in [6, 6.07) is 12.2. The first-order valence-electron chi connectivity index (χ1n) is 7.94. The van der Waals surface area contributed by atoms with Crippen molar-refractivity contribution in [1.29, 1.82) is 0 Å². The molecular weight excluding hydrogens is 340 g/mol. The Balaban J connectivity index is 1.75. The number of rotatable bonds is 6. The van der Waals surface area contributed by atoms with Crippen molar-refractivity contribution in [1.82, 2.24) is 10.2 Å². The second-order valence-corrected chi connectivity index (χ2v) is 7.61. The van der Waals surface area contributed by atoms with Gasteiger partial charge in [0.05, 0.1) is 17.7 Å². The van der Waals surface area contributed by atoms with Gasteiger partial charge in [-0.05, 0) is 29.0 Å². The molecule has 6 heteroatoms. The summed E-state index contributed by atoms with van der Waals surface area (Å²) in [6.07, 6.45) is 0.991. The molecule has 1 N–H and O–H groups in total. The van der Waals surface area contributed by atoms with Gasteiger partial charge in [0.15, 0.2) is 0 Å². The fraction of sp³-hybridized carbons (Fsp3) is 0.333. The van der Waals surface area contributed by atoms with Gasteiger partial charge < -0.3 is 10.2 Å². The van der Waals surface area contributed by atoms with Crippen LogP contribution in [0.3, 0.4) is 0 Å². The Hall–Kier alpha value is -1.79. The van der Waals surface area contributed by atoms with Gasteiger partial charge in [-0.1, -0.05) is 37.3 Å². The van der Waals surface area contributed by atoms with E-state index in [2.05, 4.69) is 36.5 Å². The minimum absolute atomic E-state index is 0.0372. The molecule has 0 spiro atoms. The van der Waals surface area contributed by atoms with E-state index in [1.807, 2.05) is 17.5 Å². The summed E-state index contributed by atoms with van der Waals surface area (Å²) < 4.78 is 0. The number of thioether (sulfide) groups is 1. The number of thiophene rings is 1. The lowest BCUT2D eigenvalue weighted by Gasteiger charge is -2.21. The zero-order chi connectivity index (χ0) is 16.9. The molecule has 1 atom stereocenters. The van der Waals surface area contributed by atoms with Gasteiger partial charge in [-0.2, -0.15) is 0 Å². The number of carbonyl (C=O) groups excluding carboxylic acids is 2. The molecule has 1 aromatic heterocycles. The van der Waals surface area contributed by atoms with E-state index >= 15 is 0 Å². The molecule has 2 aromatic rings. The number of amides is 2. The molecule has 1 aromatic carbocycles. The number of hydrogen-bond acceptors (Lipinski definition) is 4. The van der Waals surface area contributed by atoms with Crippen LogP contribution in [0.5, 0.6) is 0 Å². The summed E-state index contributed by atoms with van der Waals surface area (Å²) >= 11 is 3.17. The molecule has 24 heavy (non-hydrogen) atoms. The van der Waals surface area contributed by atoms with Crippen molar-refractivity contribution in [3.05, 3.63) is 57.8 Å². The van der Waals surface area contributed by atoms with Crippen molar-refractivity contribution in [3.63, 3.8) is 0 Å². The van der Waals surface area contributed by atoms with E-state index in [1.54, 1.807) is 28.0 Å². The van der Waals surface area contributed by atoms with E-state index < -0.39 is 0 Å². The average molecular weight is 361 g/mol. The Morgan fingerprint density at radius 2 is 2.08 bits per heavy atom. The zero-order valence-electron chi connectivity index (χ0n) is 13.5. The van der Waals surface area contributed by atoms with Crippen LogP contribution in [0, 0.1) is 0 Å². The molecule has 0 bridgehead atoms. The summed E-state index contributed by atoms with van der Waals surface area (Å²) in [4.78, 5) is 26.8. The highest BCUT2D eigenvalue weighted by Crippen LogP contribution is 2.26. The third-order valence-electron chi connectivity index (χ3n) is 4.01. The van der Waals surface area contributed by atoms with Gasteiger partial charge in [0.2, 0.25) is 11.8 Å². The van der Waals surface area contributed by atoms with Crippen molar-refractivity contribution in [2.24, 2.45) is 0 Å². The summed E-state index contributed by atoms with van der Waals surface area (Å²) in [5, 5.41) is 5.10. The molecular formula is C18H20N2O2S2. The van der Waals surface area contributed by atoms with Crippen LogP contribution < -0.4 is 5.32 Å². The quantitative estimate of drug-likeness (QED) is 0.861. The first-order chi connectivity index (χ1) is 11.7. The van der Waals surface area contributed by atoms with E-state index in [9.17, 15) is 9.59 Å². The fourth-order valence-electron chi connectivity index (χ4n) is 2.64. The van der Waals surface area contributed by atoms with Crippen LogP contribution in [0.1, 0.15) is 29.0 Å². The van der Waals surface area contributed by atoms with Gasteiger partial charge in [-0.3, -0.25) is 9.59 Å². The average Bonchev–Trinajstić information content (AvgIpc) is 3.25. The lowest BCUT2D eigenvalue weighted by molar-refractivity contribution is -0.132. The Kier molecular flexibility index (Phi) is 5.58. The van der Waals surface area contributed by atoms with Crippen LogP contribution in [0.4, 0.5) is 0 Å². The number of hydrogen-bond donors (Lipinski definition) is 1. The van der Waals surface area contributed by atoms with Crippen molar-refractivity contribution in [3.8, 4) is 0 Å². The summed E-state index contributed by atoms with van der Waals surface area (Å²) in [5.74, 6) is 0.986. The maximum atomic E-state index is 12.4. The Morgan fingerprint density at radius 1 is 1.29 bits per heavy atom. The number of benzene rings is 1. The van der Waals surface area contributed by atoms with Crippen LogP contribution in [-0.4, -0.2) is 34.9 Å². The number of nitrogens with zero attached hydrogens (tertiary/aromatic N) is 1. The Bertz CT molecular complexity index is 698. The smallest absolute Gasteiger partial charge is 0.240 e. The molecule has 0 aliphatic carbocycles. The number of aryl methyl sites for hydroxylation is 1. The highest BCUT2D eigenvalue weighted by Gasteiger charge is 2.25. The maximum absolute atomic E-state index is 12.4. The largest absolute Gasteiger partial charge is 0.343 e. The summed E-state index contributed by atoms with van der Waals surface area (Å²) in [6.45, 7) is 2.25. The van der Waals surface area contributed by atoms with Gasteiger partial charge in [0.1, 0.15) is 6.54 Å². The van der Waals surface area contributed by atoms with E-state index in [0.29, 0.717) is 11.6 Å². The van der Waals surface area contributed by atoms with Crippen LogP contribution in [0.2, 0.25) is 0 Å². The highest BCUT2D eigenvalue weighted by molar-refractivity contribution is 8.00. The normalized spacial score (nSPS) is 15.5. The van der Waals surface area contributed by atoms with Gasteiger partial charge in [-0.15, -0.1) is 23.1 Å². The monoisotopic (exact) mass is 360 g/mol. The molecule has 0 radical (unpaired) electrons. The summed E-state index contributed by atoms with van der Waals surface area (Å²) in [7, 11) is 0. The standard InChI is InChI=1S/C18H20N2O2S2/c1-2-13-5-7-14(8-6-13)18(15-4-3-9-24-15)19-16(21)10-20-12-23-11-17(20)22/h3-9,18H,2,10-12H2,1H3,(H,19,21)/t18-/m1/s1. The fourth-order valence-corrected chi connectivity index (χ4v) is 4.35. The van der Waals surface area contributed by atoms with Crippen LogP contribution >= 0.6 is 23.1 Å². The van der Waals surface area contributed by atoms with E-state index in [4.69, 9.17) is 0 Å². The third kappa shape index (κ3) is 3.99. The molecule has 2 heterocycles. The van der Waals surface area contributed by atoms with Crippen LogP contribution in [0.25, 0.3) is 0 Å². The van der Waals surface area contributed by atoms with Crippen LogP contribution in [0.15, 0.2) is 41.8 Å². The minimum Gasteiger partial charge on any atom is -0.343 e. The zero-order valence-corrected chi connectivity index (χ0v) is 15.2. The number of carbonyl (C=O) groups is 2. The predicted molar refractivity (Wildman–Crippen MR) is 99.2 cm³/mol. The molecule has 1 saturated heterocycles. The van der Waals surface area contributed by atoms with Crippen molar-refractivity contribution in [2.45, 2.75) is 19.4 Å². The first-order valence-corrected chi connectivity index (χ1v) is 9.98. The Morgan fingerprint density at radius 3 is 2.67 bits per heavy atom. The lowest BCUT2D eigenvalue weighted by Crippen LogP contribution is -2.39. The second kappa shape index (κ2) is 7.85. The first kappa shape index (κ1) is 17.0. The molecule has 0 saturated carbocycles. The van der Waals surface area contributed by atoms with Crippen molar-refractivity contribution < 1.29 is 9.59 Å². The third-order valence-corrected chi connectivity index (χ3v) is 5.90. The van der Waals surface area contributed by atoms with Crippen molar-refractivity contribution in [2.75, 3.05) is 18.2 Å². The molecule has 2 amide bonds. The van der Waals surface area contributed by atoms with Gasteiger partial charge in [0, 0.05) is 4.88 Å². The minimum atomic E-state index is -0.172. The van der Waals surface area contributed by atoms with Crippen LogP contribution in [-0.2, 0) is 16.0 Å². The SMILES string of the molecule is CCc1ccc([C@@H](NC(=O)CN2CSCC2=O)c2cccs2)cc1. The van der Waals surface area contributed by atoms with Gasteiger partial charge >= 0.3 is 0 Å². The van der Waals surface area contributed by atoms with E-state index in [0.717, 1.165) is 16.9 Å². The Labute approximate surface area is 150 Å². The molecule has 1 aliphatic rings. The van der Waals surface area contributed by atoms with Gasteiger partial charge in [-0.25, -0.2) is 0 Å². The molecule has 126 valence electrons. The van der Waals surface area contributed by atoms with Crippen molar-refractivity contribution >= 4 is 34.9 Å². The van der Waals surface area contributed by atoms with E-state index in [1.165, 1.54) is 5.56 Å². The van der Waals surface area contributed by atoms with E-state index in [-0.39, 0.29) is 24.4 Å². The molecule has 0 unspecified atom stereocenters. The topological polar surface area (TPSA) is 49.4 Å². The molecule has 3 rings (SSSR count). The highest BCUT2D eigenvalue weighted by atomic mass is 32.2.